The van der Waals surface area contributed by atoms with E-state index in [9.17, 15) is 0 Å². The van der Waals surface area contributed by atoms with Gasteiger partial charge < -0.3 is 14.2 Å². The Labute approximate surface area is 84.7 Å². The standard InChI is InChI=1S/C11H18O3/c1-12-10-6-8-2-3-9(7-10)11(8)13-4-5-14-11/h8-10H,2-7H2,1H3/t8-,9+,10+. The Morgan fingerprint density at radius 1 is 1.07 bits per heavy atom. The first kappa shape index (κ1) is 9.13. The molecule has 0 amide bonds. The molecule has 3 nitrogen and oxygen atoms in total. The minimum Gasteiger partial charge on any atom is -0.381 e. The molecule has 3 atom stereocenters. The van der Waals surface area contributed by atoms with Crippen molar-refractivity contribution in [3.8, 4) is 0 Å². The molecule has 2 saturated carbocycles. The summed E-state index contributed by atoms with van der Waals surface area (Å²) in [6.07, 6.45) is 5.18. The van der Waals surface area contributed by atoms with Gasteiger partial charge >= 0.3 is 0 Å². The highest BCUT2D eigenvalue weighted by atomic mass is 16.7. The van der Waals surface area contributed by atoms with E-state index in [1.54, 1.807) is 0 Å². The van der Waals surface area contributed by atoms with Crippen LogP contribution in [0.15, 0.2) is 0 Å². The highest BCUT2D eigenvalue weighted by molar-refractivity contribution is 5.01. The molecule has 80 valence electrons. The van der Waals surface area contributed by atoms with Crippen LogP contribution in [-0.4, -0.2) is 32.2 Å². The van der Waals surface area contributed by atoms with Crippen LogP contribution in [0.1, 0.15) is 25.7 Å². The quantitative estimate of drug-likeness (QED) is 0.640. The lowest BCUT2D eigenvalue weighted by Gasteiger charge is -2.41. The molecule has 1 spiro atoms. The minimum absolute atomic E-state index is 0.199. The predicted molar refractivity (Wildman–Crippen MR) is 50.9 cm³/mol. The van der Waals surface area contributed by atoms with E-state index in [4.69, 9.17) is 14.2 Å². The molecule has 0 N–H and O–H groups in total. The molecule has 1 aliphatic heterocycles. The summed E-state index contributed by atoms with van der Waals surface area (Å²) in [5, 5.41) is 0. The van der Waals surface area contributed by atoms with Crippen molar-refractivity contribution in [3.63, 3.8) is 0 Å². The van der Waals surface area contributed by atoms with Gasteiger partial charge in [-0.2, -0.15) is 0 Å². The maximum Gasteiger partial charge on any atom is 0.174 e. The maximum atomic E-state index is 5.88. The van der Waals surface area contributed by atoms with Crippen molar-refractivity contribution in [1.82, 2.24) is 0 Å². The second kappa shape index (κ2) is 3.19. The zero-order valence-corrected chi connectivity index (χ0v) is 8.70. The van der Waals surface area contributed by atoms with Crippen LogP contribution in [0.25, 0.3) is 0 Å². The molecule has 3 aliphatic rings. The van der Waals surface area contributed by atoms with E-state index in [0.717, 1.165) is 26.1 Å². The molecular weight excluding hydrogens is 180 g/mol. The van der Waals surface area contributed by atoms with Crippen LogP contribution in [0.5, 0.6) is 0 Å². The van der Waals surface area contributed by atoms with Gasteiger partial charge in [0.25, 0.3) is 0 Å². The summed E-state index contributed by atoms with van der Waals surface area (Å²) in [6, 6.07) is 0. The lowest BCUT2D eigenvalue weighted by molar-refractivity contribution is -0.235. The van der Waals surface area contributed by atoms with Crippen molar-refractivity contribution in [3.05, 3.63) is 0 Å². The van der Waals surface area contributed by atoms with Crippen LogP contribution >= 0.6 is 0 Å². The van der Waals surface area contributed by atoms with Crippen molar-refractivity contribution in [2.24, 2.45) is 11.8 Å². The Kier molecular flexibility index (Phi) is 2.08. The largest absolute Gasteiger partial charge is 0.381 e. The first-order chi connectivity index (χ1) is 6.85. The van der Waals surface area contributed by atoms with Gasteiger partial charge in [0.2, 0.25) is 0 Å². The summed E-state index contributed by atoms with van der Waals surface area (Å²) >= 11 is 0. The van der Waals surface area contributed by atoms with Crippen LogP contribution in [-0.2, 0) is 14.2 Å². The molecule has 1 saturated heterocycles. The van der Waals surface area contributed by atoms with Gasteiger partial charge in [-0.1, -0.05) is 0 Å². The maximum absolute atomic E-state index is 5.88. The Morgan fingerprint density at radius 2 is 1.64 bits per heavy atom. The Morgan fingerprint density at radius 3 is 2.14 bits per heavy atom. The fraction of sp³-hybridized carbons (Fsp3) is 1.00. The smallest absolute Gasteiger partial charge is 0.174 e. The average molecular weight is 198 g/mol. The Bertz CT molecular complexity index is 207. The molecule has 3 rings (SSSR count). The molecule has 0 radical (unpaired) electrons. The molecule has 3 heteroatoms. The zero-order chi connectivity index (χ0) is 9.60. The van der Waals surface area contributed by atoms with Gasteiger partial charge in [0.15, 0.2) is 5.79 Å². The second-order valence-corrected chi connectivity index (χ2v) is 4.72. The summed E-state index contributed by atoms with van der Waals surface area (Å²) < 4.78 is 17.2. The summed E-state index contributed by atoms with van der Waals surface area (Å²) in [4.78, 5) is 0. The molecule has 2 bridgehead atoms. The van der Waals surface area contributed by atoms with Crippen molar-refractivity contribution in [2.45, 2.75) is 37.6 Å². The lowest BCUT2D eigenvalue weighted by Crippen LogP contribution is -2.47. The van der Waals surface area contributed by atoms with Crippen molar-refractivity contribution >= 4 is 0 Å². The molecular formula is C11H18O3. The highest BCUT2D eigenvalue weighted by Gasteiger charge is 2.58. The minimum atomic E-state index is -0.199. The topological polar surface area (TPSA) is 27.7 Å². The van der Waals surface area contributed by atoms with E-state index >= 15 is 0 Å². The fourth-order valence-electron chi connectivity index (χ4n) is 3.54. The average Bonchev–Trinajstić information content (AvgIpc) is 2.73. The van der Waals surface area contributed by atoms with Crippen molar-refractivity contribution < 1.29 is 14.2 Å². The number of ether oxygens (including phenoxy) is 3. The van der Waals surface area contributed by atoms with E-state index in [2.05, 4.69) is 0 Å². The third-order valence-electron chi connectivity index (χ3n) is 4.17. The molecule has 1 heterocycles. The summed E-state index contributed by atoms with van der Waals surface area (Å²) in [6.45, 7) is 1.56. The Balaban J connectivity index is 1.83. The Hall–Kier alpha value is -0.120. The molecule has 0 aromatic carbocycles. The first-order valence-electron chi connectivity index (χ1n) is 5.66. The monoisotopic (exact) mass is 198 g/mol. The highest BCUT2D eigenvalue weighted by Crippen LogP contribution is 2.54. The van der Waals surface area contributed by atoms with Crippen LogP contribution < -0.4 is 0 Å². The van der Waals surface area contributed by atoms with Crippen LogP contribution in [0.4, 0.5) is 0 Å². The van der Waals surface area contributed by atoms with Crippen molar-refractivity contribution in [1.29, 1.82) is 0 Å². The molecule has 3 fully saturated rings. The predicted octanol–water partition coefficient (Wildman–Crippen LogP) is 1.56. The van der Waals surface area contributed by atoms with Gasteiger partial charge in [-0.25, -0.2) is 0 Å². The van der Waals surface area contributed by atoms with Crippen LogP contribution in [0.2, 0.25) is 0 Å². The van der Waals surface area contributed by atoms with E-state index in [1.807, 2.05) is 7.11 Å². The van der Waals surface area contributed by atoms with Gasteiger partial charge in [-0.3, -0.25) is 0 Å². The summed E-state index contributed by atoms with van der Waals surface area (Å²) in [5.41, 5.74) is 0. The molecule has 0 aromatic heterocycles. The van der Waals surface area contributed by atoms with E-state index in [-0.39, 0.29) is 5.79 Å². The van der Waals surface area contributed by atoms with Crippen molar-refractivity contribution in [2.75, 3.05) is 20.3 Å². The number of rotatable bonds is 1. The molecule has 0 unspecified atom stereocenters. The van der Waals surface area contributed by atoms with Gasteiger partial charge in [-0.05, 0) is 25.7 Å². The number of hydrogen-bond donors (Lipinski definition) is 0. The van der Waals surface area contributed by atoms with Gasteiger partial charge in [0.05, 0.1) is 19.3 Å². The number of methoxy groups -OCH3 is 1. The molecule has 14 heavy (non-hydrogen) atoms. The first-order valence-corrected chi connectivity index (χ1v) is 5.66. The SMILES string of the molecule is CO[C@H]1C[C@H]2CC[C@@H](C1)C21OCCO1. The third-order valence-corrected chi connectivity index (χ3v) is 4.17. The van der Waals surface area contributed by atoms with E-state index < -0.39 is 0 Å². The van der Waals surface area contributed by atoms with E-state index in [0.29, 0.717) is 17.9 Å². The third kappa shape index (κ3) is 1.09. The van der Waals surface area contributed by atoms with E-state index in [1.165, 1.54) is 12.8 Å². The second-order valence-electron chi connectivity index (χ2n) is 4.72. The fourth-order valence-corrected chi connectivity index (χ4v) is 3.54. The molecule has 2 aliphatic carbocycles. The molecule has 0 aromatic rings. The summed E-state index contributed by atoms with van der Waals surface area (Å²) in [5.74, 6) is 0.956. The van der Waals surface area contributed by atoms with Gasteiger partial charge in [-0.15, -0.1) is 0 Å². The van der Waals surface area contributed by atoms with Crippen LogP contribution in [0, 0.1) is 11.8 Å². The lowest BCUT2D eigenvalue weighted by atomic mass is 9.81. The van der Waals surface area contributed by atoms with Gasteiger partial charge in [0, 0.05) is 18.9 Å². The summed E-state index contributed by atoms with van der Waals surface area (Å²) in [7, 11) is 1.82. The van der Waals surface area contributed by atoms with Crippen LogP contribution in [0.3, 0.4) is 0 Å². The number of hydrogen-bond acceptors (Lipinski definition) is 3. The zero-order valence-electron chi connectivity index (χ0n) is 8.70. The van der Waals surface area contributed by atoms with Gasteiger partial charge in [0.1, 0.15) is 0 Å². The normalized spacial score (nSPS) is 44.8.